The van der Waals surface area contributed by atoms with E-state index in [1.54, 1.807) is 20.0 Å². The Labute approximate surface area is 163 Å². The maximum Gasteiger partial charge on any atom is 0.408 e. The minimum absolute atomic E-state index is 0.0673. The van der Waals surface area contributed by atoms with Crippen LogP contribution in [0.3, 0.4) is 0 Å². The van der Waals surface area contributed by atoms with Gasteiger partial charge in [0.15, 0.2) is 5.82 Å². The van der Waals surface area contributed by atoms with Gasteiger partial charge in [0.1, 0.15) is 29.4 Å². The summed E-state index contributed by atoms with van der Waals surface area (Å²) in [5.74, 6) is -0.283. The SMILES string of the molecule is CCOc1nn(C)cc1C(=O)Nc1cccc(-c2nncn2[C@@H](C)C(F)(F)F)n1. The molecule has 154 valence electrons. The largest absolute Gasteiger partial charge is 0.476 e. The fraction of sp³-hybridized carbons (Fsp3) is 0.353. The first-order valence-electron chi connectivity index (χ1n) is 8.62. The van der Waals surface area contributed by atoms with Crippen molar-refractivity contribution in [3.63, 3.8) is 0 Å². The van der Waals surface area contributed by atoms with Gasteiger partial charge in [-0.25, -0.2) is 4.98 Å². The van der Waals surface area contributed by atoms with Crippen molar-refractivity contribution >= 4 is 11.7 Å². The van der Waals surface area contributed by atoms with E-state index in [-0.39, 0.29) is 28.8 Å². The molecule has 0 fully saturated rings. The van der Waals surface area contributed by atoms with E-state index in [2.05, 4.69) is 25.6 Å². The molecule has 12 heteroatoms. The van der Waals surface area contributed by atoms with Crippen molar-refractivity contribution in [3.05, 3.63) is 36.3 Å². The molecule has 0 bridgehead atoms. The molecule has 3 aromatic heterocycles. The Morgan fingerprint density at radius 3 is 2.79 bits per heavy atom. The Morgan fingerprint density at radius 2 is 2.10 bits per heavy atom. The minimum Gasteiger partial charge on any atom is -0.476 e. The second-order valence-electron chi connectivity index (χ2n) is 6.10. The van der Waals surface area contributed by atoms with Crippen LogP contribution in [0.25, 0.3) is 11.5 Å². The zero-order valence-electron chi connectivity index (χ0n) is 15.8. The number of hydrogen-bond acceptors (Lipinski definition) is 6. The van der Waals surface area contributed by atoms with Crippen molar-refractivity contribution in [2.24, 2.45) is 7.05 Å². The monoisotopic (exact) mass is 409 g/mol. The zero-order chi connectivity index (χ0) is 21.2. The van der Waals surface area contributed by atoms with Gasteiger partial charge in [0.05, 0.1) is 6.61 Å². The van der Waals surface area contributed by atoms with Gasteiger partial charge in [-0.15, -0.1) is 15.3 Å². The molecule has 0 saturated heterocycles. The zero-order valence-corrected chi connectivity index (χ0v) is 15.8. The lowest BCUT2D eigenvalue weighted by Crippen LogP contribution is -2.24. The van der Waals surface area contributed by atoms with Crippen LogP contribution in [0.15, 0.2) is 30.7 Å². The summed E-state index contributed by atoms with van der Waals surface area (Å²) < 4.78 is 46.9. The van der Waals surface area contributed by atoms with Crippen LogP contribution in [0, 0.1) is 0 Å². The third kappa shape index (κ3) is 4.36. The smallest absolute Gasteiger partial charge is 0.408 e. The average molecular weight is 409 g/mol. The van der Waals surface area contributed by atoms with E-state index in [1.165, 1.54) is 23.0 Å². The maximum absolute atomic E-state index is 13.1. The molecule has 0 aliphatic rings. The highest BCUT2D eigenvalue weighted by Crippen LogP contribution is 2.32. The number of alkyl halides is 3. The molecule has 0 radical (unpaired) electrons. The summed E-state index contributed by atoms with van der Waals surface area (Å²) in [4.78, 5) is 16.8. The molecule has 0 aliphatic heterocycles. The van der Waals surface area contributed by atoms with E-state index < -0.39 is 18.1 Å². The molecule has 1 atom stereocenters. The number of pyridine rings is 1. The van der Waals surface area contributed by atoms with Crippen LogP contribution in [-0.2, 0) is 7.05 Å². The fourth-order valence-corrected chi connectivity index (χ4v) is 2.55. The number of aromatic nitrogens is 6. The van der Waals surface area contributed by atoms with E-state index in [0.717, 1.165) is 17.8 Å². The highest BCUT2D eigenvalue weighted by molar-refractivity contribution is 6.05. The van der Waals surface area contributed by atoms with Crippen molar-refractivity contribution in [2.75, 3.05) is 11.9 Å². The summed E-state index contributed by atoms with van der Waals surface area (Å²) in [5, 5.41) is 14.0. The predicted octanol–water partition coefficient (Wildman–Crippen LogP) is 2.85. The van der Waals surface area contributed by atoms with Crippen LogP contribution < -0.4 is 10.1 Å². The quantitative estimate of drug-likeness (QED) is 0.672. The summed E-state index contributed by atoms with van der Waals surface area (Å²) in [6, 6.07) is 2.69. The number of halogens is 3. The van der Waals surface area contributed by atoms with E-state index in [4.69, 9.17) is 4.74 Å². The molecule has 0 aliphatic carbocycles. The lowest BCUT2D eigenvalue weighted by Gasteiger charge is -2.18. The van der Waals surface area contributed by atoms with Gasteiger partial charge in [-0.1, -0.05) is 6.07 Å². The highest BCUT2D eigenvalue weighted by atomic mass is 19.4. The number of nitrogens with zero attached hydrogens (tertiary/aromatic N) is 6. The standard InChI is InChI=1S/C17H18F3N7O2/c1-4-29-16-11(8-26(3)25-16)15(28)23-13-7-5-6-12(22-13)14-24-21-9-27(14)10(2)17(18,19)20/h5-10H,4H2,1-3H3,(H,22,23,28)/t10-/m0/s1. The Morgan fingerprint density at radius 1 is 1.34 bits per heavy atom. The highest BCUT2D eigenvalue weighted by Gasteiger charge is 2.38. The molecule has 3 heterocycles. The predicted molar refractivity (Wildman–Crippen MR) is 96.3 cm³/mol. The first-order valence-corrected chi connectivity index (χ1v) is 8.62. The summed E-state index contributed by atoms with van der Waals surface area (Å²) in [5.41, 5.74) is 0.336. The van der Waals surface area contributed by atoms with Gasteiger partial charge in [-0.2, -0.15) is 13.2 Å². The number of hydrogen-bond donors (Lipinski definition) is 1. The van der Waals surface area contributed by atoms with Crippen LogP contribution in [0.2, 0.25) is 0 Å². The lowest BCUT2D eigenvalue weighted by atomic mass is 10.2. The first kappa shape index (κ1) is 20.3. The number of amides is 1. The number of carbonyl (C=O) groups is 1. The van der Waals surface area contributed by atoms with Gasteiger partial charge < -0.3 is 14.6 Å². The molecule has 1 N–H and O–H groups in total. The molecule has 3 rings (SSSR count). The van der Waals surface area contributed by atoms with Crippen molar-refractivity contribution in [1.29, 1.82) is 0 Å². The van der Waals surface area contributed by atoms with Crippen LogP contribution >= 0.6 is 0 Å². The molecule has 0 saturated carbocycles. The molecule has 0 unspecified atom stereocenters. The summed E-state index contributed by atoms with van der Waals surface area (Å²) in [6.45, 7) is 3.09. The third-order valence-corrected chi connectivity index (χ3v) is 4.00. The van der Waals surface area contributed by atoms with Crippen LogP contribution in [0.1, 0.15) is 30.2 Å². The van der Waals surface area contributed by atoms with Crippen molar-refractivity contribution in [2.45, 2.75) is 26.1 Å². The second kappa shape index (κ2) is 7.89. The van der Waals surface area contributed by atoms with Gasteiger partial charge in [-0.05, 0) is 26.0 Å². The fourth-order valence-electron chi connectivity index (χ4n) is 2.55. The summed E-state index contributed by atoms with van der Waals surface area (Å²) in [7, 11) is 1.65. The van der Waals surface area contributed by atoms with Gasteiger partial charge in [0.25, 0.3) is 5.91 Å². The Kier molecular flexibility index (Phi) is 5.52. The first-order chi connectivity index (χ1) is 13.7. The molecule has 0 spiro atoms. The Balaban J connectivity index is 1.87. The van der Waals surface area contributed by atoms with Gasteiger partial charge in [0.2, 0.25) is 5.88 Å². The number of carbonyl (C=O) groups excluding carboxylic acids is 1. The maximum atomic E-state index is 13.1. The molecule has 1 amide bonds. The van der Waals surface area contributed by atoms with Gasteiger partial charge in [0, 0.05) is 13.2 Å². The normalized spacial score (nSPS) is 12.6. The van der Waals surface area contributed by atoms with E-state index in [9.17, 15) is 18.0 Å². The van der Waals surface area contributed by atoms with E-state index in [0.29, 0.717) is 6.61 Å². The molecule has 0 aromatic carbocycles. The number of ether oxygens (including phenoxy) is 1. The summed E-state index contributed by atoms with van der Waals surface area (Å²) in [6.07, 6.45) is -1.99. The molecule has 3 aromatic rings. The van der Waals surface area contributed by atoms with E-state index >= 15 is 0 Å². The van der Waals surface area contributed by atoms with Crippen molar-refractivity contribution < 1.29 is 22.7 Å². The number of rotatable bonds is 6. The molecular weight excluding hydrogens is 391 g/mol. The molecule has 9 nitrogen and oxygen atoms in total. The second-order valence-corrected chi connectivity index (χ2v) is 6.10. The third-order valence-electron chi connectivity index (χ3n) is 4.00. The van der Waals surface area contributed by atoms with Crippen LogP contribution in [-0.4, -0.2) is 48.2 Å². The van der Waals surface area contributed by atoms with E-state index in [1.807, 2.05) is 0 Å². The number of aryl methyl sites for hydroxylation is 1. The van der Waals surface area contributed by atoms with Crippen molar-refractivity contribution in [3.8, 4) is 17.4 Å². The van der Waals surface area contributed by atoms with Gasteiger partial charge in [-0.3, -0.25) is 9.48 Å². The summed E-state index contributed by atoms with van der Waals surface area (Å²) >= 11 is 0. The molecule has 29 heavy (non-hydrogen) atoms. The molecular formula is C17H18F3N7O2. The van der Waals surface area contributed by atoms with Gasteiger partial charge >= 0.3 is 6.18 Å². The Hall–Kier alpha value is -3.44. The lowest BCUT2D eigenvalue weighted by molar-refractivity contribution is -0.162. The minimum atomic E-state index is -4.47. The number of nitrogens with one attached hydrogen (secondary N) is 1. The topological polar surface area (TPSA) is 99.8 Å². The van der Waals surface area contributed by atoms with Crippen molar-refractivity contribution in [1.82, 2.24) is 29.5 Å². The van der Waals surface area contributed by atoms with Crippen LogP contribution in [0.4, 0.5) is 19.0 Å². The number of anilines is 1. The Bertz CT molecular complexity index is 1010. The average Bonchev–Trinajstić information content (AvgIpc) is 3.27. The van der Waals surface area contributed by atoms with Crippen LogP contribution in [0.5, 0.6) is 5.88 Å².